The second-order valence-electron chi connectivity index (χ2n) is 4.29. The van der Waals surface area contributed by atoms with Crippen LogP contribution in [0.2, 0.25) is 0 Å². The fourth-order valence-corrected chi connectivity index (χ4v) is 2.12. The molecule has 0 bridgehead atoms. The zero-order valence-corrected chi connectivity index (χ0v) is 8.94. The van der Waals surface area contributed by atoms with Crippen LogP contribution in [-0.4, -0.2) is 16.0 Å². The first-order valence-electron chi connectivity index (χ1n) is 5.52. The Hall–Kier alpha value is -1.10. The Morgan fingerprint density at radius 1 is 1.12 bits per heavy atom. The molecule has 1 heterocycles. The first-order valence-corrected chi connectivity index (χ1v) is 5.52. The third kappa shape index (κ3) is 2.52. The van der Waals surface area contributed by atoms with E-state index in [1.165, 1.54) is 12.4 Å². The van der Waals surface area contributed by atoms with Crippen molar-refractivity contribution in [2.45, 2.75) is 44.1 Å². The van der Waals surface area contributed by atoms with Gasteiger partial charge in [-0.15, -0.1) is 0 Å². The largest absolute Gasteiger partial charge is 0.328 e. The van der Waals surface area contributed by atoms with E-state index >= 15 is 0 Å². The number of alkyl halides is 2. The Labute approximate surface area is 93.1 Å². The Morgan fingerprint density at radius 3 is 2.19 bits per heavy atom. The van der Waals surface area contributed by atoms with Crippen molar-refractivity contribution < 1.29 is 8.78 Å². The van der Waals surface area contributed by atoms with Crippen LogP contribution in [0.25, 0.3) is 0 Å². The van der Waals surface area contributed by atoms with Crippen LogP contribution < -0.4 is 5.73 Å². The molecule has 0 amide bonds. The van der Waals surface area contributed by atoms with Gasteiger partial charge in [0.1, 0.15) is 0 Å². The summed E-state index contributed by atoms with van der Waals surface area (Å²) in [5.41, 5.74) is 6.76. The summed E-state index contributed by atoms with van der Waals surface area (Å²) < 4.78 is 24.5. The average Bonchev–Trinajstić information content (AvgIpc) is 2.30. The highest BCUT2D eigenvalue weighted by molar-refractivity contribution is 5.13. The summed E-state index contributed by atoms with van der Waals surface area (Å²) in [5.74, 6) is -0.0113. The third-order valence-electron chi connectivity index (χ3n) is 3.13. The van der Waals surface area contributed by atoms with E-state index in [1.54, 1.807) is 0 Å². The molecule has 1 saturated carbocycles. The molecule has 1 fully saturated rings. The Bertz CT molecular complexity index is 332. The molecule has 0 unspecified atom stereocenters. The van der Waals surface area contributed by atoms with Gasteiger partial charge in [-0.25, -0.2) is 18.7 Å². The van der Waals surface area contributed by atoms with Gasteiger partial charge in [0, 0.05) is 18.4 Å². The van der Waals surface area contributed by atoms with E-state index in [4.69, 9.17) is 5.73 Å². The summed E-state index contributed by atoms with van der Waals surface area (Å²) in [6, 6.07) is 0.289. The van der Waals surface area contributed by atoms with Gasteiger partial charge in [0.25, 0.3) is 6.43 Å². The first kappa shape index (κ1) is 11.4. The van der Waals surface area contributed by atoms with Crippen LogP contribution in [0.3, 0.4) is 0 Å². The van der Waals surface area contributed by atoms with Crippen LogP contribution in [0, 0.1) is 0 Å². The lowest BCUT2D eigenvalue weighted by Gasteiger charge is -2.25. The van der Waals surface area contributed by atoms with Crippen LogP contribution in [0.5, 0.6) is 0 Å². The van der Waals surface area contributed by atoms with Crippen molar-refractivity contribution in [3.05, 3.63) is 23.8 Å². The topological polar surface area (TPSA) is 51.8 Å². The molecule has 0 aliphatic heterocycles. The molecule has 2 N–H and O–H groups in total. The molecule has 88 valence electrons. The van der Waals surface area contributed by atoms with E-state index in [-0.39, 0.29) is 6.04 Å². The maximum absolute atomic E-state index is 12.3. The highest BCUT2D eigenvalue weighted by Crippen LogP contribution is 2.31. The molecule has 0 radical (unpaired) electrons. The first-order chi connectivity index (χ1) is 7.66. The van der Waals surface area contributed by atoms with Gasteiger partial charge in [-0.2, -0.15) is 0 Å². The number of nitrogens with zero attached hydrogens (tertiary/aromatic N) is 2. The van der Waals surface area contributed by atoms with Gasteiger partial charge in [-0.3, -0.25) is 0 Å². The number of hydrogen-bond donors (Lipinski definition) is 1. The van der Waals surface area contributed by atoms with Crippen LogP contribution in [-0.2, 0) is 0 Å². The van der Waals surface area contributed by atoms with E-state index < -0.39 is 12.2 Å². The molecule has 1 aliphatic carbocycles. The van der Waals surface area contributed by atoms with Crippen LogP contribution in [0.4, 0.5) is 8.78 Å². The van der Waals surface area contributed by atoms with Crippen molar-refractivity contribution in [3.8, 4) is 0 Å². The SMILES string of the molecule is NC1CCC(c2cnc(C(F)F)nc2)CC1. The van der Waals surface area contributed by atoms with Crippen molar-refractivity contribution in [3.63, 3.8) is 0 Å². The van der Waals surface area contributed by atoms with Gasteiger partial charge in [-0.1, -0.05) is 0 Å². The number of aromatic nitrogens is 2. The number of rotatable bonds is 2. The molecule has 1 aromatic heterocycles. The summed E-state index contributed by atoms with van der Waals surface area (Å²) in [7, 11) is 0. The normalized spacial score (nSPS) is 26.0. The van der Waals surface area contributed by atoms with Crippen LogP contribution in [0.1, 0.15) is 49.4 Å². The second-order valence-corrected chi connectivity index (χ2v) is 4.29. The summed E-state index contributed by atoms with van der Waals surface area (Å²) in [6.45, 7) is 0. The van der Waals surface area contributed by atoms with E-state index in [2.05, 4.69) is 9.97 Å². The van der Waals surface area contributed by atoms with E-state index in [1.807, 2.05) is 0 Å². The lowest BCUT2D eigenvalue weighted by atomic mass is 9.83. The Morgan fingerprint density at radius 2 is 1.69 bits per heavy atom. The predicted octanol–water partition coefficient (Wildman–Crippen LogP) is 2.40. The van der Waals surface area contributed by atoms with Gasteiger partial charge in [0.05, 0.1) is 0 Å². The fraction of sp³-hybridized carbons (Fsp3) is 0.636. The fourth-order valence-electron chi connectivity index (χ4n) is 2.12. The lowest BCUT2D eigenvalue weighted by Crippen LogP contribution is -2.25. The van der Waals surface area contributed by atoms with Crippen molar-refractivity contribution >= 4 is 0 Å². The predicted molar refractivity (Wildman–Crippen MR) is 56.2 cm³/mol. The second kappa shape index (κ2) is 4.82. The zero-order valence-electron chi connectivity index (χ0n) is 8.94. The molecule has 0 spiro atoms. The molecule has 1 aromatic rings. The minimum atomic E-state index is -2.59. The van der Waals surface area contributed by atoms with Gasteiger partial charge in [0.2, 0.25) is 0 Å². The average molecular weight is 227 g/mol. The molecular weight excluding hydrogens is 212 g/mol. The van der Waals surface area contributed by atoms with Crippen LogP contribution in [0.15, 0.2) is 12.4 Å². The molecule has 0 atom stereocenters. The van der Waals surface area contributed by atoms with Crippen molar-refractivity contribution in [2.75, 3.05) is 0 Å². The summed E-state index contributed by atoms with van der Waals surface area (Å²) >= 11 is 0. The highest BCUT2D eigenvalue weighted by Gasteiger charge is 2.21. The zero-order chi connectivity index (χ0) is 11.5. The molecule has 3 nitrogen and oxygen atoms in total. The number of halogens is 2. The third-order valence-corrected chi connectivity index (χ3v) is 3.13. The van der Waals surface area contributed by atoms with E-state index in [9.17, 15) is 8.78 Å². The van der Waals surface area contributed by atoms with Crippen molar-refractivity contribution in [2.24, 2.45) is 5.73 Å². The van der Waals surface area contributed by atoms with Gasteiger partial charge >= 0.3 is 0 Å². The Kier molecular flexibility index (Phi) is 3.43. The highest BCUT2D eigenvalue weighted by atomic mass is 19.3. The monoisotopic (exact) mass is 227 g/mol. The van der Waals surface area contributed by atoms with E-state index in [0.717, 1.165) is 31.2 Å². The molecular formula is C11H15F2N3. The Balaban J connectivity index is 2.04. The molecule has 0 saturated heterocycles. The minimum absolute atomic E-state index is 0.289. The van der Waals surface area contributed by atoms with Gasteiger partial charge < -0.3 is 5.73 Å². The standard InChI is InChI=1S/C11H15F2N3/c12-10(13)11-15-5-8(6-16-11)7-1-3-9(14)4-2-7/h5-7,9-10H,1-4,14H2. The molecule has 1 aliphatic rings. The molecule has 0 aromatic carbocycles. The summed E-state index contributed by atoms with van der Waals surface area (Å²) in [5, 5.41) is 0. The van der Waals surface area contributed by atoms with Crippen molar-refractivity contribution in [1.29, 1.82) is 0 Å². The summed E-state index contributed by atoms with van der Waals surface area (Å²) in [6.07, 6.45) is 4.43. The van der Waals surface area contributed by atoms with Crippen molar-refractivity contribution in [1.82, 2.24) is 9.97 Å². The summed E-state index contributed by atoms with van der Waals surface area (Å²) in [4.78, 5) is 7.36. The maximum atomic E-state index is 12.3. The quantitative estimate of drug-likeness (QED) is 0.844. The number of hydrogen-bond acceptors (Lipinski definition) is 3. The van der Waals surface area contributed by atoms with Crippen LogP contribution >= 0.6 is 0 Å². The minimum Gasteiger partial charge on any atom is -0.328 e. The smallest absolute Gasteiger partial charge is 0.297 e. The van der Waals surface area contributed by atoms with Gasteiger partial charge in [0.15, 0.2) is 5.82 Å². The van der Waals surface area contributed by atoms with Gasteiger partial charge in [-0.05, 0) is 37.2 Å². The number of nitrogens with two attached hydrogens (primary N) is 1. The molecule has 2 rings (SSSR count). The molecule has 5 heteroatoms. The maximum Gasteiger partial charge on any atom is 0.297 e. The molecule has 16 heavy (non-hydrogen) atoms. The van der Waals surface area contributed by atoms with E-state index in [0.29, 0.717) is 5.92 Å². The lowest BCUT2D eigenvalue weighted by molar-refractivity contribution is 0.140.